The molecule has 0 bridgehead atoms. The van der Waals surface area contributed by atoms with E-state index in [0.29, 0.717) is 30.1 Å². The van der Waals surface area contributed by atoms with Crippen LogP contribution in [0.5, 0.6) is 0 Å². The van der Waals surface area contributed by atoms with Crippen LogP contribution in [0.2, 0.25) is 5.02 Å². The molecule has 2 aromatic carbocycles. The van der Waals surface area contributed by atoms with E-state index in [0.717, 1.165) is 16.8 Å². The first-order chi connectivity index (χ1) is 15.1. The van der Waals surface area contributed by atoms with Crippen LogP contribution in [0, 0.1) is 0 Å². The lowest BCUT2D eigenvalue weighted by Crippen LogP contribution is -2.21. The van der Waals surface area contributed by atoms with Crippen LogP contribution >= 0.6 is 11.6 Å². The van der Waals surface area contributed by atoms with Crippen LogP contribution < -0.4 is 10.9 Å². The van der Waals surface area contributed by atoms with Gasteiger partial charge in [0.15, 0.2) is 0 Å². The maximum atomic E-state index is 12.4. The summed E-state index contributed by atoms with van der Waals surface area (Å²) >= 11 is 6.20. The van der Waals surface area contributed by atoms with Crippen LogP contribution in [0.3, 0.4) is 0 Å². The maximum absolute atomic E-state index is 12.4. The second kappa shape index (κ2) is 9.45. The number of rotatable bonds is 7. The van der Waals surface area contributed by atoms with E-state index in [1.54, 1.807) is 29.2 Å². The normalized spacial score (nSPS) is 10.7. The molecule has 4 aromatic rings. The minimum atomic E-state index is -0.161. The summed E-state index contributed by atoms with van der Waals surface area (Å²) in [6, 6.07) is 20.2. The number of pyridine rings is 1. The van der Waals surface area contributed by atoms with Gasteiger partial charge in [-0.1, -0.05) is 48.0 Å². The van der Waals surface area contributed by atoms with Gasteiger partial charge in [0.1, 0.15) is 0 Å². The molecule has 0 unspecified atom stereocenters. The van der Waals surface area contributed by atoms with E-state index in [1.807, 2.05) is 54.7 Å². The molecule has 0 aliphatic heterocycles. The second-order valence-electron chi connectivity index (χ2n) is 7.15. The van der Waals surface area contributed by atoms with Crippen molar-refractivity contribution in [2.75, 3.05) is 5.32 Å². The van der Waals surface area contributed by atoms with E-state index in [1.165, 1.54) is 10.6 Å². The summed E-state index contributed by atoms with van der Waals surface area (Å²) in [4.78, 5) is 24.6. The average Bonchev–Trinajstić information content (AvgIpc) is 3.26. The molecule has 0 aliphatic carbocycles. The van der Waals surface area contributed by atoms with E-state index in [4.69, 9.17) is 11.6 Å². The van der Waals surface area contributed by atoms with Crippen molar-refractivity contribution in [1.29, 1.82) is 0 Å². The lowest BCUT2D eigenvalue weighted by molar-refractivity contribution is -0.116. The Balaban J connectivity index is 1.37. The molecule has 7 heteroatoms. The Morgan fingerprint density at radius 2 is 1.74 bits per heavy atom. The molecule has 0 atom stereocenters. The van der Waals surface area contributed by atoms with Crippen molar-refractivity contribution >= 4 is 23.2 Å². The van der Waals surface area contributed by atoms with Gasteiger partial charge in [-0.2, -0.15) is 5.10 Å². The van der Waals surface area contributed by atoms with Gasteiger partial charge in [-0.15, -0.1) is 0 Å². The quantitative estimate of drug-likeness (QED) is 0.473. The van der Waals surface area contributed by atoms with Crippen molar-refractivity contribution in [3.63, 3.8) is 0 Å². The van der Waals surface area contributed by atoms with Gasteiger partial charge >= 0.3 is 0 Å². The Labute approximate surface area is 184 Å². The number of nitrogens with one attached hydrogen (secondary N) is 1. The van der Waals surface area contributed by atoms with Crippen LogP contribution in [0.15, 0.2) is 90.1 Å². The molecule has 6 nitrogen and oxygen atoms in total. The van der Waals surface area contributed by atoms with Gasteiger partial charge in [0.25, 0.3) is 5.56 Å². The fourth-order valence-corrected chi connectivity index (χ4v) is 3.43. The third kappa shape index (κ3) is 5.29. The Morgan fingerprint density at radius 3 is 2.55 bits per heavy atom. The summed E-state index contributed by atoms with van der Waals surface area (Å²) in [5.74, 6) is -0.129. The minimum Gasteiger partial charge on any atom is -0.325 e. The second-order valence-corrected chi connectivity index (χ2v) is 7.56. The lowest BCUT2D eigenvalue weighted by atomic mass is 10.2. The van der Waals surface area contributed by atoms with Crippen LogP contribution in [0.25, 0.3) is 5.69 Å². The van der Waals surface area contributed by atoms with E-state index < -0.39 is 0 Å². The van der Waals surface area contributed by atoms with E-state index in [2.05, 4.69) is 10.4 Å². The Hall–Kier alpha value is -3.64. The summed E-state index contributed by atoms with van der Waals surface area (Å²) in [5.41, 5.74) is 3.19. The standard InChI is InChI=1S/C24H21ClN4O2/c25-22-9-5-4-6-19(22)16-28-17-20(11-13-24(28)31)27-23(30)12-10-18-14-26-29(15-18)21-7-2-1-3-8-21/h1-9,11,13-15,17H,10,12,16H2,(H,27,30). The van der Waals surface area contributed by atoms with Crippen LogP contribution in [0.4, 0.5) is 5.69 Å². The van der Waals surface area contributed by atoms with E-state index in [9.17, 15) is 9.59 Å². The fourth-order valence-electron chi connectivity index (χ4n) is 3.23. The predicted molar refractivity (Wildman–Crippen MR) is 122 cm³/mol. The fraction of sp³-hybridized carbons (Fsp3) is 0.125. The molecular formula is C24H21ClN4O2. The summed E-state index contributed by atoms with van der Waals surface area (Å²) in [6.07, 6.45) is 6.20. The predicted octanol–water partition coefficient (Wildman–Crippen LogP) is 4.31. The first-order valence-electron chi connectivity index (χ1n) is 9.91. The maximum Gasteiger partial charge on any atom is 0.250 e. The molecule has 0 spiro atoms. The largest absolute Gasteiger partial charge is 0.325 e. The molecule has 2 heterocycles. The Kier molecular flexibility index (Phi) is 6.29. The number of amides is 1. The Morgan fingerprint density at radius 1 is 0.968 bits per heavy atom. The number of carbonyl (C=O) groups excluding carboxylic acids is 1. The first kappa shape index (κ1) is 20.6. The monoisotopic (exact) mass is 432 g/mol. The van der Waals surface area contributed by atoms with Gasteiger partial charge in [-0.3, -0.25) is 9.59 Å². The average molecular weight is 433 g/mol. The summed E-state index contributed by atoms with van der Waals surface area (Å²) in [5, 5.41) is 7.81. The van der Waals surface area contributed by atoms with Crippen molar-refractivity contribution in [3.8, 4) is 5.69 Å². The molecule has 1 N–H and O–H groups in total. The summed E-state index contributed by atoms with van der Waals surface area (Å²) in [6.45, 7) is 0.334. The van der Waals surface area contributed by atoms with Gasteiger partial charge in [0.2, 0.25) is 5.91 Å². The molecule has 0 saturated heterocycles. The number of para-hydroxylation sites is 1. The number of carbonyl (C=O) groups is 1. The van der Waals surface area contributed by atoms with Gasteiger partial charge in [-0.05, 0) is 41.8 Å². The first-order valence-corrected chi connectivity index (χ1v) is 10.3. The smallest absolute Gasteiger partial charge is 0.250 e. The van der Waals surface area contributed by atoms with Gasteiger partial charge in [-0.25, -0.2) is 4.68 Å². The molecule has 0 fully saturated rings. The Bertz CT molecular complexity index is 1250. The van der Waals surface area contributed by atoms with E-state index in [-0.39, 0.29) is 11.5 Å². The minimum absolute atomic E-state index is 0.129. The third-order valence-electron chi connectivity index (χ3n) is 4.86. The molecule has 31 heavy (non-hydrogen) atoms. The van der Waals surface area contributed by atoms with Crippen LogP contribution in [-0.2, 0) is 17.8 Å². The topological polar surface area (TPSA) is 68.9 Å². The number of aryl methyl sites for hydroxylation is 1. The molecule has 4 rings (SSSR count). The zero-order valence-corrected chi connectivity index (χ0v) is 17.5. The SMILES string of the molecule is O=C(CCc1cnn(-c2ccccc2)c1)Nc1ccc(=O)n(Cc2ccccc2Cl)c1. The number of benzene rings is 2. The number of hydrogen-bond acceptors (Lipinski definition) is 3. The van der Waals surface area contributed by atoms with Gasteiger partial charge in [0, 0.05) is 29.9 Å². The molecule has 1 amide bonds. The molecule has 0 saturated carbocycles. The highest BCUT2D eigenvalue weighted by Crippen LogP contribution is 2.16. The van der Waals surface area contributed by atoms with Gasteiger partial charge < -0.3 is 9.88 Å². The number of nitrogens with zero attached hydrogens (tertiary/aromatic N) is 3. The highest BCUT2D eigenvalue weighted by atomic mass is 35.5. The molecule has 0 aliphatic rings. The van der Waals surface area contributed by atoms with Gasteiger partial charge in [0.05, 0.1) is 24.1 Å². The zero-order valence-electron chi connectivity index (χ0n) is 16.7. The molecule has 2 aromatic heterocycles. The number of anilines is 1. The third-order valence-corrected chi connectivity index (χ3v) is 5.23. The van der Waals surface area contributed by atoms with Crippen molar-refractivity contribution in [2.24, 2.45) is 0 Å². The zero-order chi connectivity index (χ0) is 21.6. The number of hydrogen-bond donors (Lipinski definition) is 1. The van der Waals surface area contributed by atoms with Crippen molar-refractivity contribution < 1.29 is 4.79 Å². The van der Waals surface area contributed by atoms with Crippen molar-refractivity contribution in [1.82, 2.24) is 14.3 Å². The lowest BCUT2D eigenvalue weighted by Gasteiger charge is -2.10. The van der Waals surface area contributed by atoms with Crippen LogP contribution in [0.1, 0.15) is 17.5 Å². The summed E-state index contributed by atoms with van der Waals surface area (Å²) < 4.78 is 3.32. The summed E-state index contributed by atoms with van der Waals surface area (Å²) in [7, 11) is 0. The van der Waals surface area contributed by atoms with E-state index >= 15 is 0 Å². The van der Waals surface area contributed by atoms with Crippen molar-refractivity contribution in [2.45, 2.75) is 19.4 Å². The molecule has 156 valence electrons. The van der Waals surface area contributed by atoms with Crippen molar-refractivity contribution in [3.05, 3.63) is 112 Å². The number of aromatic nitrogens is 3. The molecular weight excluding hydrogens is 412 g/mol. The highest BCUT2D eigenvalue weighted by molar-refractivity contribution is 6.31. The number of halogens is 1. The molecule has 0 radical (unpaired) electrons. The van der Waals surface area contributed by atoms with Crippen LogP contribution in [-0.4, -0.2) is 20.3 Å². The highest BCUT2D eigenvalue weighted by Gasteiger charge is 2.08.